The first-order valence-corrected chi connectivity index (χ1v) is 5.36. The maximum Gasteiger partial charge on any atom is 0.411 e. The minimum atomic E-state index is -4.31. The molecule has 0 saturated carbocycles. The second kappa shape index (κ2) is 6.00. The zero-order valence-corrected chi connectivity index (χ0v) is 9.18. The van der Waals surface area contributed by atoms with Gasteiger partial charge >= 0.3 is 6.18 Å². The number of nitrogens with one attached hydrogen (secondary N) is 1. The highest BCUT2D eigenvalue weighted by molar-refractivity contribution is 5.98. The van der Waals surface area contributed by atoms with E-state index in [-0.39, 0.29) is 24.3 Å². The van der Waals surface area contributed by atoms with Crippen LogP contribution in [0.3, 0.4) is 0 Å². The highest BCUT2D eigenvalue weighted by Gasteiger charge is 2.28. The summed E-state index contributed by atoms with van der Waals surface area (Å²) in [6.07, 6.45) is -2.74. The molecule has 0 aliphatic carbocycles. The molecule has 0 bridgehead atoms. The zero-order chi connectivity index (χ0) is 12.9. The van der Waals surface area contributed by atoms with E-state index in [1.165, 1.54) is 0 Å². The highest BCUT2D eigenvalue weighted by atomic mass is 19.4. The summed E-state index contributed by atoms with van der Waals surface area (Å²) in [5.74, 6) is -0.918. The monoisotopic (exact) mass is 253 g/mol. The molecule has 7 heteroatoms. The van der Waals surface area contributed by atoms with Crippen molar-refractivity contribution >= 4 is 11.8 Å². The number of amides is 2. The Labute approximate surface area is 96.5 Å². The topological polar surface area (TPSA) is 55.4 Å². The van der Waals surface area contributed by atoms with E-state index in [0.717, 1.165) is 0 Å². The predicted molar refractivity (Wildman–Crippen MR) is 52.0 cm³/mol. The molecule has 1 saturated heterocycles. The van der Waals surface area contributed by atoms with Gasteiger partial charge in [-0.2, -0.15) is 13.2 Å². The highest BCUT2D eigenvalue weighted by Crippen LogP contribution is 2.18. The number of hydrogen-bond acceptors (Lipinski definition) is 3. The van der Waals surface area contributed by atoms with E-state index in [4.69, 9.17) is 0 Å². The molecule has 4 nitrogen and oxygen atoms in total. The second-order valence-electron chi connectivity index (χ2n) is 3.96. The van der Waals surface area contributed by atoms with E-state index in [0.29, 0.717) is 25.7 Å². The third kappa shape index (κ3) is 5.67. The van der Waals surface area contributed by atoms with Crippen molar-refractivity contribution in [2.45, 2.75) is 31.9 Å². The molecule has 0 spiro atoms. The average Bonchev–Trinajstić information content (AvgIpc) is 2.18. The van der Waals surface area contributed by atoms with Crippen LogP contribution in [0.4, 0.5) is 13.2 Å². The molecule has 1 aliphatic heterocycles. The van der Waals surface area contributed by atoms with Crippen LogP contribution in [0.25, 0.3) is 0 Å². The lowest BCUT2D eigenvalue weighted by Crippen LogP contribution is -2.40. The summed E-state index contributed by atoms with van der Waals surface area (Å²) in [5, 5.41) is 2.20. The van der Waals surface area contributed by atoms with Gasteiger partial charge in [0.1, 0.15) is 6.61 Å². The number of ether oxygens (including phenoxy) is 1. The normalized spacial score (nSPS) is 21.5. The fraction of sp³-hybridized carbons (Fsp3) is 0.800. The van der Waals surface area contributed by atoms with Gasteiger partial charge in [0, 0.05) is 18.9 Å². The smallest absolute Gasteiger partial charge is 0.372 e. The summed E-state index contributed by atoms with van der Waals surface area (Å²) in [4.78, 5) is 22.1. The van der Waals surface area contributed by atoms with Crippen LogP contribution in [0.15, 0.2) is 0 Å². The second-order valence-corrected chi connectivity index (χ2v) is 3.96. The largest absolute Gasteiger partial charge is 0.411 e. The first-order valence-electron chi connectivity index (χ1n) is 5.36. The van der Waals surface area contributed by atoms with Crippen molar-refractivity contribution < 1.29 is 27.5 Å². The van der Waals surface area contributed by atoms with E-state index >= 15 is 0 Å². The fourth-order valence-corrected chi connectivity index (χ4v) is 1.63. The van der Waals surface area contributed by atoms with Gasteiger partial charge in [0.25, 0.3) is 0 Å². The van der Waals surface area contributed by atoms with E-state index in [1.807, 2.05) is 0 Å². The van der Waals surface area contributed by atoms with Crippen molar-refractivity contribution in [2.75, 3.05) is 13.2 Å². The van der Waals surface area contributed by atoms with Crippen LogP contribution in [-0.2, 0) is 14.3 Å². The maximum absolute atomic E-state index is 11.7. The minimum absolute atomic E-state index is 0.0305. The summed E-state index contributed by atoms with van der Waals surface area (Å²) in [6, 6.07) is 0. The van der Waals surface area contributed by atoms with Gasteiger partial charge in [-0.3, -0.25) is 14.9 Å². The van der Waals surface area contributed by atoms with E-state index in [2.05, 4.69) is 10.1 Å². The quantitative estimate of drug-likeness (QED) is 0.595. The Bertz CT molecular complexity index is 291. The summed E-state index contributed by atoms with van der Waals surface area (Å²) in [7, 11) is 0. The van der Waals surface area contributed by atoms with Gasteiger partial charge in [-0.15, -0.1) is 0 Å². The van der Waals surface area contributed by atoms with Gasteiger partial charge < -0.3 is 4.74 Å². The third-order valence-corrected chi connectivity index (χ3v) is 2.46. The number of alkyl halides is 3. The molecule has 1 atom stereocenters. The molecule has 1 fully saturated rings. The van der Waals surface area contributed by atoms with E-state index < -0.39 is 12.8 Å². The number of piperidine rings is 1. The SMILES string of the molecule is O=C1CCC(CCCOCC(F)(F)F)C(=O)N1. The molecule has 17 heavy (non-hydrogen) atoms. The van der Waals surface area contributed by atoms with Gasteiger partial charge in [-0.1, -0.05) is 0 Å². The van der Waals surface area contributed by atoms with Crippen molar-refractivity contribution in [1.29, 1.82) is 0 Å². The van der Waals surface area contributed by atoms with Crippen LogP contribution in [0.5, 0.6) is 0 Å². The van der Waals surface area contributed by atoms with E-state index in [1.54, 1.807) is 0 Å². The van der Waals surface area contributed by atoms with Crippen molar-refractivity contribution in [3.63, 3.8) is 0 Å². The molecule has 0 aromatic carbocycles. The number of rotatable bonds is 5. The molecule has 1 N–H and O–H groups in total. The minimum Gasteiger partial charge on any atom is -0.372 e. The van der Waals surface area contributed by atoms with Crippen molar-refractivity contribution in [1.82, 2.24) is 5.32 Å². The van der Waals surface area contributed by atoms with Crippen molar-refractivity contribution in [2.24, 2.45) is 5.92 Å². The molecule has 0 aromatic rings. The lowest BCUT2D eigenvalue weighted by molar-refractivity contribution is -0.174. The molecule has 1 unspecified atom stereocenters. The Kier molecular flexibility index (Phi) is 4.92. The van der Waals surface area contributed by atoms with Gasteiger partial charge in [0.2, 0.25) is 11.8 Å². The number of carbonyl (C=O) groups is 2. The lowest BCUT2D eigenvalue weighted by Gasteiger charge is -2.20. The van der Waals surface area contributed by atoms with Crippen LogP contribution < -0.4 is 5.32 Å². The van der Waals surface area contributed by atoms with Gasteiger partial charge in [-0.05, 0) is 19.3 Å². The molecule has 0 radical (unpaired) electrons. The molecule has 1 rings (SSSR count). The zero-order valence-electron chi connectivity index (χ0n) is 9.18. The molecule has 1 aliphatic rings. The van der Waals surface area contributed by atoms with Gasteiger partial charge in [-0.25, -0.2) is 0 Å². The summed E-state index contributed by atoms with van der Waals surface area (Å²) in [5.41, 5.74) is 0. The van der Waals surface area contributed by atoms with Crippen LogP contribution in [0.2, 0.25) is 0 Å². The van der Waals surface area contributed by atoms with Crippen LogP contribution in [0.1, 0.15) is 25.7 Å². The lowest BCUT2D eigenvalue weighted by atomic mass is 9.94. The van der Waals surface area contributed by atoms with Gasteiger partial charge in [0.15, 0.2) is 0 Å². The molecule has 0 aromatic heterocycles. The Balaban J connectivity index is 2.11. The summed E-state index contributed by atoms with van der Waals surface area (Å²) >= 11 is 0. The summed E-state index contributed by atoms with van der Waals surface area (Å²) < 4.78 is 39.6. The maximum atomic E-state index is 11.7. The standard InChI is InChI=1S/C10H14F3NO3/c11-10(12,13)6-17-5-1-2-7-3-4-8(15)14-9(7)16/h7H,1-6H2,(H,14,15,16). The first-order chi connectivity index (χ1) is 7.88. The van der Waals surface area contributed by atoms with Crippen LogP contribution in [0, 0.1) is 5.92 Å². The Morgan fingerprint density at radius 1 is 1.35 bits per heavy atom. The van der Waals surface area contributed by atoms with Crippen molar-refractivity contribution in [3.05, 3.63) is 0 Å². The number of hydrogen-bond donors (Lipinski definition) is 1. The Morgan fingerprint density at radius 3 is 2.65 bits per heavy atom. The number of imide groups is 1. The molecule has 1 heterocycles. The van der Waals surface area contributed by atoms with Crippen LogP contribution in [-0.4, -0.2) is 31.2 Å². The first kappa shape index (κ1) is 14.0. The molecular formula is C10H14F3NO3. The predicted octanol–water partition coefficient (Wildman–Crippen LogP) is 1.40. The average molecular weight is 253 g/mol. The van der Waals surface area contributed by atoms with Gasteiger partial charge in [0.05, 0.1) is 0 Å². The Hall–Kier alpha value is -1.11. The third-order valence-electron chi connectivity index (χ3n) is 2.46. The van der Waals surface area contributed by atoms with E-state index in [9.17, 15) is 22.8 Å². The number of carbonyl (C=O) groups excluding carboxylic acids is 2. The summed E-state index contributed by atoms with van der Waals surface area (Å²) in [6.45, 7) is -1.29. The molecule has 98 valence electrons. The van der Waals surface area contributed by atoms with Crippen molar-refractivity contribution in [3.8, 4) is 0 Å². The molecular weight excluding hydrogens is 239 g/mol. The fourth-order valence-electron chi connectivity index (χ4n) is 1.63. The van der Waals surface area contributed by atoms with Crippen LogP contribution >= 0.6 is 0 Å². The molecule has 2 amide bonds. The number of halogens is 3. The Morgan fingerprint density at radius 2 is 2.06 bits per heavy atom.